The lowest BCUT2D eigenvalue weighted by Crippen LogP contribution is -2.36. The summed E-state index contributed by atoms with van der Waals surface area (Å²) in [5.41, 5.74) is 0.662. The number of nitrogens with zero attached hydrogens (tertiary/aromatic N) is 1. The molecule has 6 heteroatoms. The Bertz CT molecular complexity index is 506. The molecule has 0 saturated carbocycles. The number of hydrogen-bond donors (Lipinski definition) is 1. The fourth-order valence-electron chi connectivity index (χ4n) is 2.55. The molecule has 0 bridgehead atoms. The van der Waals surface area contributed by atoms with Gasteiger partial charge in [0.05, 0.1) is 11.5 Å². The SMILES string of the molecule is Cc1cc(C(F)(F)F)ccc1N1CCC(C(=O)O)CC1. The highest BCUT2D eigenvalue weighted by Gasteiger charge is 2.31. The second kappa shape index (κ2) is 5.34. The first kappa shape index (κ1) is 14.7. The Morgan fingerprint density at radius 3 is 2.35 bits per heavy atom. The molecule has 0 aliphatic carbocycles. The van der Waals surface area contributed by atoms with Gasteiger partial charge in [0.15, 0.2) is 0 Å². The van der Waals surface area contributed by atoms with Gasteiger partial charge in [0.1, 0.15) is 0 Å². The summed E-state index contributed by atoms with van der Waals surface area (Å²) in [6.45, 7) is 2.76. The molecule has 3 nitrogen and oxygen atoms in total. The van der Waals surface area contributed by atoms with Crippen molar-refractivity contribution >= 4 is 11.7 Å². The van der Waals surface area contributed by atoms with E-state index in [1.807, 2.05) is 4.90 Å². The van der Waals surface area contributed by atoms with Crippen LogP contribution in [0.4, 0.5) is 18.9 Å². The molecule has 110 valence electrons. The number of carboxylic acid groups (broad SMARTS) is 1. The predicted octanol–water partition coefficient (Wildman–Crippen LogP) is 3.31. The molecule has 20 heavy (non-hydrogen) atoms. The van der Waals surface area contributed by atoms with Crippen LogP contribution in [0.1, 0.15) is 24.0 Å². The van der Waals surface area contributed by atoms with Gasteiger partial charge in [-0.25, -0.2) is 0 Å². The number of hydrogen-bond acceptors (Lipinski definition) is 2. The van der Waals surface area contributed by atoms with Crippen molar-refractivity contribution in [1.82, 2.24) is 0 Å². The Kier molecular flexibility index (Phi) is 3.92. The van der Waals surface area contributed by atoms with E-state index in [-0.39, 0.29) is 5.92 Å². The third-order valence-corrected chi connectivity index (χ3v) is 3.71. The number of alkyl halides is 3. The minimum atomic E-state index is -4.33. The summed E-state index contributed by atoms with van der Waals surface area (Å²) in [6, 6.07) is 3.68. The zero-order valence-electron chi connectivity index (χ0n) is 11.1. The Labute approximate surface area is 115 Å². The van der Waals surface area contributed by atoms with Crippen molar-refractivity contribution in [2.75, 3.05) is 18.0 Å². The molecule has 0 spiro atoms. The first-order valence-corrected chi connectivity index (χ1v) is 6.44. The molecule has 0 unspecified atom stereocenters. The molecule has 2 rings (SSSR count). The van der Waals surface area contributed by atoms with E-state index in [2.05, 4.69) is 0 Å². The maximum absolute atomic E-state index is 12.6. The summed E-state index contributed by atoms with van der Waals surface area (Å²) in [5, 5.41) is 8.93. The van der Waals surface area contributed by atoms with Gasteiger partial charge in [0.25, 0.3) is 0 Å². The smallest absolute Gasteiger partial charge is 0.416 e. The van der Waals surface area contributed by atoms with Crippen molar-refractivity contribution in [2.45, 2.75) is 25.9 Å². The summed E-state index contributed by atoms with van der Waals surface area (Å²) < 4.78 is 37.8. The van der Waals surface area contributed by atoms with Gasteiger partial charge < -0.3 is 10.0 Å². The van der Waals surface area contributed by atoms with Crippen molar-refractivity contribution in [1.29, 1.82) is 0 Å². The Morgan fingerprint density at radius 1 is 1.30 bits per heavy atom. The van der Waals surface area contributed by atoms with E-state index in [1.54, 1.807) is 6.92 Å². The van der Waals surface area contributed by atoms with E-state index in [1.165, 1.54) is 6.07 Å². The first-order valence-electron chi connectivity index (χ1n) is 6.44. The van der Waals surface area contributed by atoms with Gasteiger partial charge >= 0.3 is 12.1 Å². The van der Waals surface area contributed by atoms with Crippen molar-refractivity contribution < 1.29 is 23.1 Å². The van der Waals surface area contributed by atoms with Crippen LogP contribution in [0, 0.1) is 12.8 Å². The molecule has 0 aromatic heterocycles. The number of carbonyl (C=O) groups is 1. The van der Waals surface area contributed by atoms with Crippen LogP contribution < -0.4 is 4.90 Å². The molecule has 1 aromatic carbocycles. The zero-order valence-corrected chi connectivity index (χ0v) is 11.1. The monoisotopic (exact) mass is 287 g/mol. The molecule has 1 fully saturated rings. The van der Waals surface area contributed by atoms with Gasteiger partial charge in [0, 0.05) is 18.8 Å². The number of carboxylic acids is 1. The van der Waals surface area contributed by atoms with Crippen LogP contribution in [0.25, 0.3) is 0 Å². The van der Waals surface area contributed by atoms with Crippen molar-refractivity contribution in [3.8, 4) is 0 Å². The molecule has 1 aliphatic rings. The quantitative estimate of drug-likeness (QED) is 0.907. The summed E-state index contributed by atoms with van der Waals surface area (Å²) in [7, 11) is 0. The zero-order chi connectivity index (χ0) is 14.9. The maximum atomic E-state index is 12.6. The number of aliphatic carboxylic acids is 1. The summed E-state index contributed by atoms with van der Waals surface area (Å²) >= 11 is 0. The molecule has 0 amide bonds. The summed E-state index contributed by atoms with van der Waals surface area (Å²) in [5.74, 6) is -1.14. The first-order chi connectivity index (χ1) is 9.29. The molecular weight excluding hydrogens is 271 g/mol. The van der Waals surface area contributed by atoms with E-state index in [9.17, 15) is 18.0 Å². The van der Waals surface area contributed by atoms with Crippen LogP contribution in [-0.4, -0.2) is 24.2 Å². The highest BCUT2D eigenvalue weighted by molar-refractivity contribution is 5.70. The van der Waals surface area contributed by atoms with E-state index in [0.29, 0.717) is 31.5 Å². The highest BCUT2D eigenvalue weighted by atomic mass is 19.4. The number of piperidine rings is 1. The Hall–Kier alpha value is -1.72. The molecule has 1 saturated heterocycles. The van der Waals surface area contributed by atoms with Gasteiger partial charge in [-0.2, -0.15) is 13.2 Å². The molecule has 1 N–H and O–H groups in total. The highest BCUT2D eigenvalue weighted by Crippen LogP contribution is 2.33. The number of halogens is 3. The van der Waals surface area contributed by atoms with E-state index in [4.69, 9.17) is 5.11 Å². The lowest BCUT2D eigenvalue weighted by Gasteiger charge is -2.33. The lowest BCUT2D eigenvalue weighted by molar-refractivity contribution is -0.142. The Morgan fingerprint density at radius 2 is 1.90 bits per heavy atom. The lowest BCUT2D eigenvalue weighted by atomic mass is 9.96. The van der Waals surface area contributed by atoms with Crippen LogP contribution >= 0.6 is 0 Å². The predicted molar refractivity (Wildman–Crippen MR) is 68.8 cm³/mol. The Balaban J connectivity index is 2.13. The molecule has 1 aromatic rings. The minimum absolute atomic E-state index is 0.346. The minimum Gasteiger partial charge on any atom is -0.481 e. The van der Waals surface area contributed by atoms with Crippen molar-refractivity contribution in [2.24, 2.45) is 5.92 Å². The second-order valence-electron chi connectivity index (χ2n) is 5.10. The van der Waals surface area contributed by atoms with Gasteiger partial charge in [0.2, 0.25) is 0 Å². The van der Waals surface area contributed by atoms with Gasteiger partial charge in [-0.1, -0.05) is 0 Å². The largest absolute Gasteiger partial charge is 0.481 e. The van der Waals surface area contributed by atoms with Crippen LogP contribution in [0.2, 0.25) is 0 Å². The van der Waals surface area contributed by atoms with Crippen LogP contribution in [0.15, 0.2) is 18.2 Å². The van der Waals surface area contributed by atoms with Crippen molar-refractivity contribution in [3.05, 3.63) is 29.3 Å². The molecule has 1 heterocycles. The van der Waals surface area contributed by atoms with Crippen LogP contribution in [0.3, 0.4) is 0 Å². The third-order valence-electron chi connectivity index (χ3n) is 3.71. The average Bonchev–Trinajstić information content (AvgIpc) is 2.37. The normalized spacial score (nSPS) is 17.3. The number of anilines is 1. The average molecular weight is 287 g/mol. The molecule has 1 aliphatic heterocycles. The van der Waals surface area contributed by atoms with Crippen LogP contribution in [0.5, 0.6) is 0 Å². The fraction of sp³-hybridized carbons (Fsp3) is 0.500. The molecule has 0 atom stereocenters. The van der Waals surface area contributed by atoms with Gasteiger partial charge in [-0.05, 0) is 43.5 Å². The van der Waals surface area contributed by atoms with Crippen molar-refractivity contribution in [3.63, 3.8) is 0 Å². The molecular formula is C14H16F3NO2. The second-order valence-corrected chi connectivity index (χ2v) is 5.10. The number of benzene rings is 1. The summed E-state index contributed by atoms with van der Waals surface area (Å²) in [6.07, 6.45) is -3.29. The summed E-state index contributed by atoms with van der Waals surface area (Å²) in [4.78, 5) is 12.8. The van der Waals surface area contributed by atoms with E-state index < -0.39 is 17.7 Å². The fourth-order valence-corrected chi connectivity index (χ4v) is 2.55. The molecule has 0 radical (unpaired) electrons. The van der Waals surface area contributed by atoms with Crippen LogP contribution in [-0.2, 0) is 11.0 Å². The van der Waals surface area contributed by atoms with Gasteiger partial charge in [-0.3, -0.25) is 4.79 Å². The maximum Gasteiger partial charge on any atom is 0.416 e. The van der Waals surface area contributed by atoms with Gasteiger partial charge in [-0.15, -0.1) is 0 Å². The third kappa shape index (κ3) is 3.05. The van der Waals surface area contributed by atoms with E-state index >= 15 is 0 Å². The topological polar surface area (TPSA) is 40.5 Å². The number of aryl methyl sites for hydroxylation is 1. The standard InChI is InChI=1S/C14H16F3NO2/c1-9-8-11(14(15,16)17)2-3-12(9)18-6-4-10(5-7-18)13(19)20/h2-3,8,10H,4-7H2,1H3,(H,19,20). The van der Waals surface area contributed by atoms with E-state index in [0.717, 1.165) is 17.8 Å². The number of rotatable bonds is 2.